The smallest absolute Gasteiger partial charge is 0.106 e. The number of unbranched alkanes of at least 4 members (excludes halogenated alkanes) is 3. The summed E-state index contributed by atoms with van der Waals surface area (Å²) in [7, 11) is 0. The summed E-state index contributed by atoms with van der Waals surface area (Å²) in [4.78, 5) is 0. The van der Waals surface area contributed by atoms with Crippen molar-refractivity contribution in [3.63, 3.8) is 0 Å². The molecule has 0 aromatic carbocycles. The average Bonchev–Trinajstić information content (AvgIpc) is 2.27. The van der Waals surface area contributed by atoms with E-state index in [4.69, 9.17) is 4.74 Å². The number of rotatable bonds is 10. The number of hydrogen-bond donors (Lipinski definition) is 1. The lowest BCUT2D eigenvalue weighted by molar-refractivity contribution is 0.0443. The first-order valence-electron chi connectivity index (χ1n) is 7.24. The topological polar surface area (TPSA) is 45.0 Å². The van der Waals surface area contributed by atoms with Crippen molar-refractivity contribution >= 4 is 0 Å². The van der Waals surface area contributed by atoms with E-state index in [1.54, 1.807) is 0 Å². The van der Waals surface area contributed by atoms with Crippen LogP contribution in [0.3, 0.4) is 0 Å². The van der Waals surface area contributed by atoms with Crippen LogP contribution in [-0.4, -0.2) is 24.3 Å². The SMILES string of the molecule is CCCCCCOC(C)CC(C)(C#N)NC(C)C. The zero-order chi connectivity index (χ0) is 14.0. The average molecular weight is 254 g/mol. The maximum atomic E-state index is 9.26. The molecule has 0 aliphatic heterocycles. The molecule has 0 radical (unpaired) electrons. The lowest BCUT2D eigenvalue weighted by Gasteiger charge is -2.28. The Hall–Kier alpha value is -0.590. The van der Waals surface area contributed by atoms with Gasteiger partial charge in [-0.2, -0.15) is 5.26 Å². The Bertz CT molecular complexity index is 247. The Morgan fingerprint density at radius 3 is 2.39 bits per heavy atom. The molecule has 0 fully saturated rings. The monoisotopic (exact) mass is 254 g/mol. The molecule has 0 heterocycles. The Balaban J connectivity index is 3.90. The molecule has 0 spiro atoms. The van der Waals surface area contributed by atoms with Crippen LogP contribution in [0.25, 0.3) is 0 Å². The first-order chi connectivity index (χ1) is 8.43. The van der Waals surface area contributed by atoms with Gasteiger partial charge in [0.05, 0.1) is 12.2 Å². The lowest BCUT2D eigenvalue weighted by atomic mass is 9.95. The van der Waals surface area contributed by atoms with Crippen molar-refractivity contribution in [2.24, 2.45) is 0 Å². The predicted octanol–water partition coefficient (Wildman–Crippen LogP) is 3.64. The number of hydrogen-bond acceptors (Lipinski definition) is 3. The molecule has 2 atom stereocenters. The second-order valence-corrected chi connectivity index (χ2v) is 5.69. The van der Waals surface area contributed by atoms with Gasteiger partial charge in [-0.25, -0.2) is 0 Å². The first-order valence-corrected chi connectivity index (χ1v) is 7.24. The van der Waals surface area contributed by atoms with Gasteiger partial charge in [0, 0.05) is 19.1 Å². The standard InChI is InChI=1S/C15H30N2O/c1-6-7-8-9-10-18-14(4)11-15(5,12-16)17-13(2)3/h13-14,17H,6-11H2,1-5H3. The molecular weight excluding hydrogens is 224 g/mol. The summed E-state index contributed by atoms with van der Waals surface area (Å²) in [5.41, 5.74) is -0.489. The van der Waals surface area contributed by atoms with Crippen LogP contribution >= 0.6 is 0 Å². The van der Waals surface area contributed by atoms with Crippen LogP contribution < -0.4 is 5.32 Å². The van der Waals surface area contributed by atoms with Gasteiger partial charge in [0.1, 0.15) is 5.54 Å². The molecule has 0 aliphatic carbocycles. The summed E-state index contributed by atoms with van der Waals surface area (Å²) in [6.45, 7) is 11.1. The van der Waals surface area contributed by atoms with E-state index < -0.39 is 5.54 Å². The Labute approximate surface area is 113 Å². The Kier molecular flexibility index (Phi) is 9.05. The number of nitrogens with zero attached hydrogens (tertiary/aromatic N) is 1. The minimum Gasteiger partial charge on any atom is -0.378 e. The minimum atomic E-state index is -0.489. The normalized spacial score (nSPS) is 16.3. The van der Waals surface area contributed by atoms with Crippen molar-refractivity contribution in [1.29, 1.82) is 5.26 Å². The van der Waals surface area contributed by atoms with Gasteiger partial charge in [0.2, 0.25) is 0 Å². The van der Waals surface area contributed by atoms with Gasteiger partial charge in [-0.05, 0) is 34.1 Å². The molecule has 106 valence electrons. The van der Waals surface area contributed by atoms with Gasteiger partial charge >= 0.3 is 0 Å². The summed E-state index contributed by atoms with van der Waals surface area (Å²) >= 11 is 0. The molecular formula is C15H30N2O. The highest BCUT2D eigenvalue weighted by molar-refractivity contribution is 5.05. The minimum absolute atomic E-state index is 0.127. The molecule has 3 nitrogen and oxygen atoms in total. The maximum absolute atomic E-state index is 9.26. The molecule has 0 aromatic rings. The highest BCUT2D eigenvalue weighted by atomic mass is 16.5. The van der Waals surface area contributed by atoms with Gasteiger partial charge < -0.3 is 4.74 Å². The third kappa shape index (κ3) is 8.49. The van der Waals surface area contributed by atoms with Gasteiger partial charge in [0.25, 0.3) is 0 Å². The first kappa shape index (κ1) is 17.4. The molecule has 2 unspecified atom stereocenters. The highest BCUT2D eigenvalue weighted by Gasteiger charge is 2.27. The van der Waals surface area contributed by atoms with Crippen LogP contribution in [0.5, 0.6) is 0 Å². The predicted molar refractivity (Wildman–Crippen MR) is 76.5 cm³/mol. The lowest BCUT2D eigenvalue weighted by Crippen LogP contribution is -2.47. The van der Waals surface area contributed by atoms with Gasteiger partial charge in [-0.1, -0.05) is 26.2 Å². The fraction of sp³-hybridized carbons (Fsp3) is 0.933. The summed E-state index contributed by atoms with van der Waals surface area (Å²) in [6, 6.07) is 2.67. The second-order valence-electron chi connectivity index (χ2n) is 5.69. The van der Waals surface area contributed by atoms with Gasteiger partial charge in [0.15, 0.2) is 0 Å². The molecule has 0 rings (SSSR count). The van der Waals surface area contributed by atoms with Crippen molar-refractivity contribution in [3.8, 4) is 6.07 Å². The number of nitriles is 1. The highest BCUT2D eigenvalue weighted by Crippen LogP contribution is 2.15. The van der Waals surface area contributed by atoms with Crippen LogP contribution in [0, 0.1) is 11.3 Å². The molecule has 0 bridgehead atoms. The second kappa shape index (κ2) is 9.35. The quantitative estimate of drug-likeness (QED) is 0.605. The van der Waals surface area contributed by atoms with Gasteiger partial charge in [-0.3, -0.25) is 5.32 Å². The number of nitrogens with one attached hydrogen (secondary N) is 1. The van der Waals surface area contributed by atoms with E-state index in [0.29, 0.717) is 6.04 Å². The maximum Gasteiger partial charge on any atom is 0.106 e. The molecule has 0 amide bonds. The van der Waals surface area contributed by atoms with Crippen LogP contribution in [0.15, 0.2) is 0 Å². The summed E-state index contributed by atoms with van der Waals surface area (Å²) < 4.78 is 5.78. The van der Waals surface area contributed by atoms with E-state index in [1.165, 1.54) is 19.3 Å². The van der Waals surface area contributed by atoms with Gasteiger partial charge in [-0.15, -0.1) is 0 Å². The summed E-state index contributed by atoms with van der Waals surface area (Å²) in [5.74, 6) is 0. The fourth-order valence-corrected chi connectivity index (χ4v) is 2.22. The van der Waals surface area contributed by atoms with Crippen molar-refractivity contribution in [1.82, 2.24) is 5.32 Å². The fourth-order valence-electron chi connectivity index (χ4n) is 2.22. The zero-order valence-corrected chi connectivity index (χ0v) is 12.8. The van der Waals surface area contributed by atoms with Crippen molar-refractivity contribution in [2.75, 3.05) is 6.61 Å². The molecule has 3 heteroatoms. The third-order valence-electron chi connectivity index (χ3n) is 2.95. The van der Waals surface area contributed by atoms with E-state index in [0.717, 1.165) is 19.4 Å². The van der Waals surface area contributed by atoms with E-state index >= 15 is 0 Å². The van der Waals surface area contributed by atoms with Crippen LogP contribution in [0.2, 0.25) is 0 Å². The Morgan fingerprint density at radius 2 is 1.89 bits per heavy atom. The molecule has 0 saturated carbocycles. The molecule has 0 aromatic heterocycles. The summed E-state index contributed by atoms with van der Waals surface area (Å²) in [6.07, 6.45) is 5.75. The van der Waals surface area contributed by atoms with E-state index in [1.807, 2.05) is 6.92 Å². The van der Waals surface area contributed by atoms with E-state index in [-0.39, 0.29) is 6.10 Å². The van der Waals surface area contributed by atoms with Crippen molar-refractivity contribution in [2.45, 2.75) is 84.4 Å². The van der Waals surface area contributed by atoms with Crippen molar-refractivity contribution < 1.29 is 4.74 Å². The number of ether oxygens (including phenoxy) is 1. The van der Waals surface area contributed by atoms with Crippen LogP contribution in [-0.2, 0) is 4.74 Å². The van der Waals surface area contributed by atoms with E-state index in [2.05, 4.69) is 39.1 Å². The van der Waals surface area contributed by atoms with Crippen LogP contribution in [0.1, 0.15) is 66.7 Å². The van der Waals surface area contributed by atoms with E-state index in [9.17, 15) is 5.26 Å². The molecule has 0 saturated heterocycles. The van der Waals surface area contributed by atoms with Crippen LogP contribution in [0.4, 0.5) is 0 Å². The molecule has 0 aliphatic rings. The largest absolute Gasteiger partial charge is 0.378 e. The van der Waals surface area contributed by atoms with Crippen molar-refractivity contribution in [3.05, 3.63) is 0 Å². The molecule has 1 N–H and O–H groups in total. The summed E-state index contributed by atoms with van der Waals surface area (Å²) in [5, 5.41) is 12.6. The Morgan fingerprint density at radius 1 is 1.22 bits per heavy atom. The third-order valence-corrected chi connectivity index (χ3v) is 2.95. The zero-order valence-electron chi connectivity index (χ0n) is 12.8. The molecule has 18 heavy (non-hydrogen) atoms.